The average molecular weight is 342 g/mol. The summed E-state index contributed by atoms with van der Waals surface area (Å²) < 4.78 is 10.6. The van der Waals surface area contributed by atoms with Crippen molar-refractivity contribution < 1.29 is 19.1 Å². The molecule has 0 radical (unpaired) electrons. The van der Waals surface area contributed by atoms with Gasteiger partial charge >= 0.3 is 0 Å². The Morgan fingerprint density at radius 3 is 2.64 bits per heavy atom. The fourth-order valence-electron chi connectivity index (χ4n) is 3.28. The number of aromatic nitrogens is 2. The lowest BCUT2D eigenvalue weighted by Gasteiger charge is -2.31. The van der Waals surface area contributed by atoms with Gasteiger partial charge in [-0.2, -0.15) is 5.10 Å². The lowest BCUT2D eigenvalue weighted by Crippen LogP contribution is -2.38. The van der Waals surface area contributed by atoms with Crippen LogP contribution in [0.2, 0.25) is 0 Å². The molecule has 0 unspecified atom stereocenters. The van der Waals surface area contributed by atoms with Gasteiger partial charge in [-0.15, -0.1) is 0 Å². The Hall–Kier alpha value is -3.03. The maximum absolute atomic E-state index is 12.7. The molecule has 1 aromatic carbocycles. The molecule has 2 aliphatic rings. The van der Waals surface area contributed by atoms with Gasteiger partial charge in [0.25, 0.3) is 11.8 Å². The molecule has 0 atom stereocenters. The number of hydrogen-bond donors (Lipinski definition) is 2. The minimum Gasteiger partial charge on any atom is -0.454 e. The molecule has 2 aromatic rings. The molecule has 0 bridgehead atoms. The monoisotopic (exact) mass is 342 g/mol. The Labute approximate surface area is 143 Å². The molecule has 4 rings (SSSR count). The van der Waals surface area contributed by atoms with Gasteiger partial charge in [-0.1, -0.05) is 0 Å². The van der Waals surface area contributed by atoms with Gasteiger partial charge in [-0.25, -0.2) is 0 Å². The number of rotatable bonds is 3. The predicted molar refractivity (Wildman–Crippen MR) is 87.5 cm³/mol. The predicted octanol–water partition coefficient (Wildman–Crippen LogP) is 1.26. The highest BCUT2D eigenvalue weighted by Gasteiger charge is 2.27. The van der Waals surface area contributed by atoms with Crippen LogP contribution in [0, 0.1) is 0 Å². The van der Waals surface area contributed by atoms with Crippen LogP contribution in [0.25, 0.3) is 0 Å². The van der Waals surface area contributed by atoms with Crippen molar-refractivity contribution in [1.82, 2.24) is 15.1 Å². The first-order valence-electron chi connectivity index (χ1n) is 8.16. The first kappa shape index (κ1) is 15.5. The van der Waals surface area contributed by atoms with Crippen LogP contribution < -0.4 is 15.2 Å². The number of piperidine rings is 1. The van der Waals surface area contributed by atoms with Crippen LogP contribution in [0.5, 0.6) is 11.5 Å². The van der Waals surface area contributed by atoms with Crippen molar-refractivity contribution >= 4 is 11.8 Å². The fourth-order valence-corrected chi connectivity index (χ4v) is 3.28. The topological polar surface area (TPSA) is 111 Å². The summed E-state index contributed by atoms with van der Waals surface area (Å²) in [4.78, 5) is 25.7. The van der Waals surface area contributed by atoms with Crippen molar-refractivity contribution in [2.24, 2.45) is 5.73 Å². The van der Waals surface area contributed by atoms with Gasteiger partial charge in [0.05, 0.1) is 0 Å². The number of nitrogens with one attached hydrogen (secondary N) is 1. The van der Waals surface area contributed by atoms with Crippen molar-refractivity contribution in [2.75, 3.05) is 19.9 Å². The molecule has 2 aliphatic heterocycles. The number of benzene rings is 1. The maximum atomic E-state index is 12.7. The third kappa shape index (κ3) is 2.90. The number of primary amides is 1. The lowest BCUT2D eigenvalue weighted by molar-refractivity contribution is 0.0711. The number of carbonyl (C=O) groups excluding carboxylic acids is 2. The second-order valence-electron chi connectivity index (χ2n) is 6.21. The van der Waals surface area contributed by atoms with Gasteiger partial charge in [0.1, 0.15) is 5.69 Å². The highest BCUT2D eigenvalue weighted by Crippen LogP contribution is 2.33. The summed E-state index contributed by atoms with van der Waals surface area (Å²) in [6, 6.07) is 6.95. The van der Waals surface area contributed by atoms with Gasteiger partial charge in [0, 0.05) is 30.3 Å². The highest BCUT2D eigenvalue weighted by atomic mass is 16.7. The van der Waals surface area contributed by atoms with E-state index in [-0.39, 0.29) is 24.3 Å². The number of H-pyrrole nitrogens is 1. The lowest BCUT2D eigenvalue weighted by atomic mass is 9.93. The minimum absolute atomic E-state index is 0.0146. The van der Waals surface area contributed by atoms with Crippen molar-refractivity contribution in [3.63, 3.8) is 0 Å². The molecule has 0 spiro atoms. The van der Waals surface area contributed by atoms with E-state index in [9.17, 15) is 9.59 Å². The smallest absolute Gasteiger partial charge is 0.269 e. The number of nitrogens with zero attached hydrogens (tertiary/aromatic N) is 2. The summed E-state index contributed by atoms with van der Waals surface area (Å²) in [7, 11) is 0. The van der Waals surface area contributed by atoms with E-state index in [1.165, 1.54) is 0 Å². The number of carbonyl (C=O) groups is 2. The van der Waals surface area contributed by atoms with E-state index in [1.54, 1.807) is 24.3 Å². The van der Waals surface area contributed by atoms with Crippen molar-refractivity contribution in [3.05, 3.63) is 41.2 Å². The van der Waals surface area contributed by atoms with E-state index >= 15 is 0 Å². The largest absolute Gasteiger partial charge is 0.454 e. The molecule has 3 N–H and O–H groups in total. The molecule has 0 saturated carbocycles. The van der Waals surface area contributed by atoms with E-state index in [4.69, 9.17) is 15.2 Å². The van der Waals surface area contributed by atoms with Crippen LogP contribution in [0.15, 0.2) is 24.3 Å². The summed E-state index contributed by atoms with van der Waals surface area (Å²) >= 11 is 0. The van der Waals surface area contributed by atoms with E-state index in [2.05, 4.69) is 10.2 Å². The number of aromatic amines is 1. The molecule has 25 heavy (non-hydrogen) atoms. The number of hydrogen-bond acceptors (Lipinski definition) is 5. The van der Waals surface area contributed by atoms with Gasteiger partial charge in [-0.05, 0) is 37.1 Å². The fraction of sp³-hybridized carbons (Fsp3) is 0.353. The second-order valence-corrected chi connectivity index (χ2v) is 6.21. The Balaban J connectivity index is 1.41. The van der Waals surface area contributed by atoms with Crippen LogP contribution in [-0.4, -0.2) is 46.8 Å². The van der Waals surface area contributed by atoms with Crippen molar-refractivity contribution in [1.29, 1.82) is 0 Å². The number of nitrogens with two attached hydrogens (primary N) is 1. The average Bonchev–Trinajstić information content (AvgIpc) is 3.30. The van der Waals surface area contributed by atoms with Crippen molar-refractivity contribution in [2.45, 2.75) is 18.8 Å². The maximum Gasteiger partial charge on any atom is 0.269 e. The SMILES string of the molecule is NC(=O)c1cc(C2CCN(C(=O)c3ccc4c(c3)OCO4)CC2)[nH]n1. The molecule has 130 valence electrons. The van der Waals surface area contributed by atoms with E-state index in [0.29, 0.717) is 30.2 Å². The summed E-state index contributed by atoms with van der Waals surface area (Å²) in [5.41, 5.74) is 6.96. The number of amides is 2. The van der Waals surface area contributed by atoms with Crippen LogP contribution in [0.3, 0.4) is 0 Å². The van der Waals surface area contributed by atoms with E-state index < -0.39 is 5.91 Å². The van der Waals surface area contributed by atoms with Gasteiger partial charge in [0.15, 0.2) is 11.5 Å². The quantitative estimate of drug-likeness (QED) is 0.872. The van der Waals surface area contributed by atoms with Crippen molar-refractivity contribution in [3.8, 4) is 11.5 Å². The minimum atomic E-state index is -0.544. The Morgan fingerprint density at radius 1 is 1.16 bits per heavy atom. The number of ether oxygens (including phenoxy) is 2. The van der Waals surface area contributed by atoms with Gasteiger partial charge < -0.3 is 20.1 Å². The van der Waals surface area contributed by atoms with Gasteiger partial charge in [0.2, 0.25) is 6.79 Å². The van der Waals surface area contributed by atoms with Crippen LogP contribution in [0.4, 0.5) is 0 Å². The standard InChI is InChI=1S/C17H18N4O4/c18-16(22)13-8-12(19-20-13)10-3-5-21(6-4-10)17(23)11-1-2-14-15(7-11)25-9-24-14/h1-2,7-8,10H,3-6,9H2,(H2,18,22)(H,19,20). The summed E-state index contributed by atoms with van der Waals surface area (Å²) in [6.07, 6.45) is 1.60. The molecule has 1 saturated heterocycles. The normalized spacial score (nSPS) is 16.9. The molecule has 8 heteroatoms. The first-order chi connectivity index (χ1) is 12.1. The highest BCUT2D eigenvalue weighted by molar-refractivity contribution is 5.95. The number of fused-ring (bicyclic) bond motifs is 1. The summed E-state index contributed by atoms with van der Waals surface area (Å²) in [5.74, 6) is 0.954. The number of likely N-dealkylation sites (tertiary alicyclic amines) is 1. The summed E-state index contributed by atoms with van der Waals surface area (Å²) in [6.45, 7) is 1.47. The molecular weight excluding hydrogens is 324 g/mol. The molecule has 1 aromatic heterocycles. The molecule has 3 heterocycles. The molecule has 8 nitrogen and oxygen atoms in total. The summed E-state index contributed by atoms with van der Waals surface area (Å²) in [5, 5.41) is 6.80. The van der Waals surface area contributed by atoms with E-state index in [1.807, 2.05) is 4.90 Å². The van der Waals surface area contributed by atoms with Crippen LogP contribution in [0.1, 0.15) is 45.3 Å². The zero-order chi connectivity index (χ0) is 17.4. The second kappa shape index (κ2) is 6.12. The Morgan fingerprint density at radius 2 is 1.92 bits per heavy atom. The molecule has 2 amide bonds. The zero-order valence-electron chi connectivity index (χ0n) is 13.5. The molecular formula is C17H18N4O4. The van der Waals surface area contributed by atoms with Crippen LogP contribution in [-0.2, 0) is 0 Å². The third-order valence-corrected chi connectivity index (χ3v) is 4.69. The Kier molecular flexibility index (Phi) is 3.79. The Bertz CT molecular complexity index is 824. The molecule has 0 aliphatic carbocycles. The first-order valence-corrected chi connectivity index (χ1v) is 8.16. The molecule has 1 fully saturated rings. The zero-order valence-corrected chi connectivity index (χ0v) is 13.5. The third-order valence-electron chi connectivity index (χ3n) is 4.69. The van der Waals surface area contributed by atoms with Crippen LogP contribution >= 0.6 is 0 Å². The van der Waals surface area contributed by atoms with E-state index in [0.717, 1.165) is 18.5 Å². The van der Waals surface area contributed by atoms with Gasteiger partial charge in [-0.3, -0.25) is 14.7 Å².